The van der Waals surface area contributed by atoms with E-state index in [1.165, 1.54) is 12.1 Å². The Morgan fingerprint density at radius 3 is 2.65 bits per heavy atom. The number of hydrogen-bond acceptors (Lipinski definition) is 3. The molecule has 2 atom stereocenters. The number of carbonyl (C=O) groups is 2. The van der Waals surface area contributed by atoms with Gasteiger partial charge in [0.2, 0.25) is 11.8 Å². The van der Waals surface area contributed by atoms with Crippen molar-refractivity contribution in [2.24, 2.45) is 13.0 Å². The quantitative estimate of drug-likeness (QED) is 0.917. The highest BCUT2D eigenvalue weighted by atomic mass is 19.1. The van der Waals surface area contributed by atoms with Crippen molar-refractivity contribution in [1.82, 2.24) is 14.7 Å². The first-order chi connectivity index (χ1) is 12.3. The number of amides is 2. The van der Waals surface area contributed by atoms with E-state index in [1.54, 1.807) is 28.8 Å². The second-order valence-electron chi connectivity index (χ2n) is 6.81. The third kappa shape index (κ3) is 3.21. The van der Waals surface area contributed by atoms with Crippen molar-refractivity contribution in [2.75, 3.05) is 12.4 Å². The van der Waals surface area contributed by atoms with Gasteiger partial charge in [-0.2, -0.15) is 5.10 Å². The summed E-state index contributed by atoms with van der Waals surface area (Å²) in [5, 5.41) is 7.28. The monoisotopic (exact) mass is 358 g/mol. The molecular weight excluding hydrogens is 335 g/mol. The van der Waals surface area contributed by atoms with Gasteiger partial charge in [-0.15, -0.1) is 0 Å². The number of nitrogens with one attached hydrogen (secondary N) is 1. The molecule has 0 radical (unpaired) electrons. The number of aryl methyl sites for hydroxylation is 2. The van der Waals surface area contributed by atoms with Crippen LogP contribution in [0.15, 0.2) is 24.3 Å². The predicted octanol–water partition coefficient (Wildman–Crippen LogP) is 2.72. The molecule has 6 nitrogen and oxygen atoms in total. The number of benzene rings is 1. The summed E-state index contributed by atoms with van der Waals surface area (Å²) in [6.45, 7) is 3.72. The standard InChI is InChI=1S/C19H23FN4O2/c1-11-17(12(2)24(4)22-11)21-19(26)15-8-9-16(25)23(3)18(15)13-6-5-7-14(20)10-13/h5-7,10,15,18H,8-9H2,1-4H3,(H,21,26)/t15-,18-/m0/s1. The van der Waals surface area contributed by atoms with E-state index >= 15 is 0 Å². The van der Waals surface area contributed by atoms with Crippen LogP contribution in [-0.2, 0) is 16.6 Å². The van der Waals surface area contributed by atoms with Gasteiger partial charge in [0.1, 0.15) is 5.82 Å². The Bertz CT molecular complexity index is 861. The number of carbonyl (C=O) groups excluding carboxylic acids is 2. The molecule has 2 amide bonds. The summed E-state index contributed by atoms with van der Waals surface area (Å²) in [6, 6.07) is 5.60. The van der Waals surface area contributed by atoms with Crippen molar-refractivity contribution in [2.45, 2.75) is 32.7 Å². The van der Waals surface area contributed by atoms with Gasteiger partial charge in [-0.05, 0) is 38.0 Å². The number of rotatable bonds is 3. The molecule has 0 bridgehead atoms. The molecule has 1 fully saturated rings. The summed E-state index contributed by atoms with van der Waals surface area (Å²) in [4.78, 5) is 26.8. The van der Waals surface area contributed by atoms with Gasteiger partial charge in [0.05, 0.1) is 29.0 Å². The highest BCUT2D eigenvalue weighted by Crippen LogP contribution is 2.37. The molecule has 0 saturated carbocycles. The molecule has 1 aromatic carbocycles. The first kappa shape index (κ1) is 18.1. The van der Waals surface area contributed by atoms with Crippen LogP contribution in [0.2, 0.25) is 0 Å². The summed E-state index contributed by atoms with van der Waals surface area (Å²) in [6.07, 6.45) is 0.722. The molecule has 0 aliphatic carbocycles. The van der Waals surface area contributed by atoms with E-state index < -0.39 is 12.0 Å². The second kappa shape index (κ2) is 6.90. The fourth-order valence-electron chi connectivity index (χ4n) is 3.63. The smallest absolute Gasteiger partial charge is 0.230 e. The summed E-state index contributed by atoms with van der Waals surface area (Å²) in [7, 11) is 3.48. The van der Waals surface area contributed by atoms with Crippen molar-refractivity contribution >= 4 is 17.5 Å². The van der Waals surface area contributed by atoms with Gasteiger partial charge < -0.3 is 10.2 Å². The van der Waals surface area contributed by atoms with Crippen LogP contribution in [0.5, 0.6) is 0 Å². The van der Waals surface area contributed by atoms with Gasteiger partial charge in [-0.3, -0.25) is 14.3 Å². The summed E-state index contributed by atoms with van der Waals surface area (Å²) >= 11 is 0. The first-order valence-electron chi connectivity index (χ1n) is 8.61. The first-order valence-corrected chi connectivity index (χ1v) is 8.61. The maximum Gasteiger partial charge on any atom is 0.230 e. The predicted molar refractivity (Wildman–Crippen MR) is 95.9 cm³/mol. The van der Waals surface area contributed by atoms with Crippen LogP contribution in [0.25, 0.3) is 0 Å². The van der Waals surface area contributed by atoms with E-state index in [0.717, 1.165) is 11.4 Å². The highest BCUT2D eigenvalue weighted by Gasteiger charge is 2.39. The van der Waals surface area contributed by atoms with Gasteiger partial charge in [-0.1, -0.05) is 12.1 Å². The van der Waals surface area contributed by atoms with Gasteiger partial charge >= 0.3 is 0 Å². The van der Waals surface area contributed by atoms with Crippen molar-refractivity contribution in [3.63, 3.8) is 0 Å². The largest absolute Gasteiger partial charge is 0.338 e. The molecule has 3 rings (SSSR count). The lowest BCUT2D eigenvalue weighted by molar-refractivity contribution is -0.140. The van der Waals surface area contributed by atoms with Crippen molar-refractivity contribution in [3.05, 3.63) is 47.0 Å². The normalized spacial score (nSPS) is 20.3. The third-order valence-corrected chi connectivity index (χ3v) is 5.15. The Morgan fingerprint density at radius 2 is 2.04 bits per heavy atom. The SMILES string of the molecule is Cc1nn(C)c(C)c1NC(=O)[C@H]1CCC(=O)N(C)[C@H]1c1cccc(F)c1. The second-order valence-corrected chi connectivity index (χ2v) is 6.81. The summed E-state index contributed by atoms with van der Waals surface area (Å²) < 4.78 is 15.4. The van der Waals surface area contributed by atoms with E-state index in [9.17, 15) is 14.0 Å². The Balaban J connectivity index is 1.92. The Morgan fingerprint density at radius 1 is 1.31 bits per heavy atom. The zero-order chi connectivity index (χ0) is 19.0. The van der Waals surface area contributed by atoms with Gasteiger partial charge in [0.25, 0.3) is 0 Å². The number of likely N-dealkylation sites (tertiary alicyclic amines) is 1. The summed E-state index contributed by atoms with van der Waals surface area (Å²) in [5.74, 6) is -1.07. The third-order valence-electron chi connectivity index (χ3n) is 5.15. The maximum absolute atomic E-state index is 13.7. The fourth-order valence-corrected chi connectivity index (χ4v) is 3.63. The lowest BCUT2D eigenvalue weighted by Gasteiger charge is -2.38. The lowest BCUT2D eigenvalue weighted by Crippen LogP contribution is -2.44. The minimum atomic E-state index is -0.496. The van der Waals surface area contributed by atoms with E-state index in [-0.39, 0.29) is 17.6 Å². The van der Waals surface area contributed by atoms with E-state index in [0.29, 0.717) is 24.1 Å². The molecule has 1 aliphatic rings. The highest BCUT2D eigenvalue weighted by molar-refractivity contribution is 5.95. The number of piperidine rings is 1. The molecule has 2 aromatic rings. The van der Waals surface area contributed by atoms with Crippen LogP contribution < -0.4 is 5.32 Å². The minimum Gasteiger partial charge on any atom is -0.338 e. The van der Waals surface area contributed by atoms with Crippen molar-refractivity contribution < 1.29 is 14.0 Å². The molecule has 1 N–H and O–H groups in total. The average Bonchev–Trinajstić information content (AvgIpc) is 2.83. The van der Waals surface area contributed by atoms with Crippen LogP contribution in [0.1, 0.15) is 35.8 Å². The number of nitrogens with zero attached hydrogens (tertiary/aromatic N) is 3. The number of anilines is 1. The van der Waals surface area contributed by atoms with Crippen molar-refractivity contribution in [3.8, 4) is 0 Å². The average molecular weight is 358 g/mol. The fraction of sp³-hybridized carbons (Fsp3) is 0.421. The zero-order valence-electron chi connectivity index (χ0n) is 15.4. The van der Waals surface area contributed by atoms with E-state index in [2.05, 4.69) is 10.4 Å². The number of halogens is 1. The molecule has 2 heterocycles. The number of aromatic nitrogens is 2. The van der Waals surface area contributed by atoms with Crippen molar-refractivity contribution in [1.29, 1.82) is 0 Å². The zero-order valence-corrected chi connectivity index (χ0v) is 15.4. The Labute approximate surface area is 152 Å². The van der Waals surface area contributed by atoms with E-state index in [1.807, 2.05) is 20.9 Å². The van der Waals surface area contributed by atoms with Gasteiger partial charge in [0, 0.05) is 20.5 Å². The van der Waals surface area contributed by atoms with Crippen LogP contribution in [0.3, 0.4) is 0 Å². The number of hydrogen-bond donors (Lipinski definition) is 1. The molecule has 1 aliphatic heterocycles. The van der Waals surface area contributed by atoms with Crippen LogP contribution in [-0.4, -0.2) is 33.5 Å². The molecular formula is C19H23FN4O2. The van der Waals surface area contributed by atoms with Crippen LogP contribution in [0.4, 0.5) is 10.1 Å². The van der Waals surface area contributed by atoms with Crippen LogP contribution in [0, 0.1) is 25.6 Å². The molecule has 0 unspecified atom stereocenters. The molecule has 1 saturated heterocycles. The van der Waals surface area contributed by atoms with Gasteiger partial charge in [-0.25, -0.2) is 4.39 Å². The lowest BCUT2D eigenvalue weighted by atomic mass is 9.84. The molecule has 0 spiro atoms. The topological polar surface area (TPSA) is 67.2 Å². The molecule has 26 heavy (non-hydrogen) atoms. The Hall–Kier alpha value is -2.70. The maximum atomic E-state index is 13.7. The molecule has 7 heteroatoms. The van der Waals surface area contributed by atoms with E-state index in [4.69, 9.17) is 0 Å². The molecule has 1 aromatic heterocycles. The Kier molecular flexibility index (Phi) is 4.80. The van der Waals surface area contributed by atoms with Gasteiger partial charge in [0.15, 0.2) is 0 Å². The van der Waals surface area contributed by atoms with Crippen LogP contribution >= 0.6 is 0 Å². The molecule has 138 valence electrons. The minimum absolute atomic E-state index is 0.0444. The summed E-state index contributed by atoms with van der Waals surface area (Å²) in [5.41, 5.74) is 2.91.